The van der Waals surface area contributed by atoms with E-state index in [2.05, 4.69) is 0 Å². The SMILES string of the molecule is COCCN(CCOC)CC(=O)N(C1CCCC1)C1CCS(=O)(=O)C1. The molecule has 8 heteroatoms. The van der Waals surface area contributed by atoms with Crippen LogP contribution in [0.4, 0.5) is 0 Å². The molecule has 1 unspecified atom stereocenters. The Morgan fingerprint density at radius 2 is 1.60 bits per heavy atom. The van der Waals surface area contributed by atoms with Gasteiger partial charge in [-0.15, -0.1) is 0 Å². The lowest BCUT2D eigenvalue weighted by Crippen LogP contribution is -2.51. The number of nitrogens with zero attached hydrogens (tertiary/aromatic N) is 2. The fraction of sp³-hybridized carbons (Fsp3) is 0.941. The van der Waals surface area contributed by atoms with Crippen molar-refractivity contribution in [3.63, 3.8) is 0 Å². The lowest BCUT2D eigenvalue weighted by Gasteiger charge is -2.35. The molecule has 0 aromatic rings. The first-order chi connectivity index (χ1) is 12.0. The van der Waals surface area contributed by atoms with E-state index in [1.165, 1.54) is 0 Å². The Morgan fingerprint density at radius 3 is 2.08 bits per heavy atom. The van der Waals surface area contributed by atoms with Gasteiger partial charge in [0.05, 0.1) is 31.3 Å². The maximum Gasteiger partial charge on any atom is 0.237 e. The van der Waals surface area contributed by atoms with Crippen LogP contribution in [-0.2, 0) is 24.1 Å². The molecule has 0 aromatic carbocycles. The van der Waals surface area contributed by atoms with E-state index in [1.54, 1.807) is 14.2 Å². The normalized spacial score (nSPS) is 23.4. The van der Waals surface area contributed by atoms with Crippen molar-refractivity contribution in [3.05, 3.63) is 0 Å². The minimum absolute atomic E-state index is 0.0428. The van der Waals surface area contributed by atoms with E-state index in [0.717, 1.165) is 25.7 Å². The van der Waals surface area contributed by atoms with E-state index in [9.17, 15) is 13.2 Å². The summed E-state index contributed by atoms with van der Waals surface area (Å²) in [6.45, 7) is 2.72. The average Bonchev–Trinajstić information content (AvgIpc) is 3.20. The molecule has 1 amide bonds. The van der Waals surface area contributed by atoms with Crippen LogP contribution in [0, 0.1) is 0 Å². The number of methoxy groups -OCH3 is 2. The van der Waals surface area contributed by atoms with E-state index in [0.29, 0.717) is 39.3 Å². The Labute approximate surface area is 151 Å². The summed E-state index contributed by atoms with van der Waals surface area (Å²) >= 11 is 0. The fourth-order valence-corrected chi connectivity index (χ4v) is 5.58. The molecule has 0 radical (unpaired) electrons. The van der Waals surface area contributed by atoms with Crippen molar-refractivity contribution in [2.45, 2.75) is 44.2 Å². The molecule has 7 nitrogen and oxygen atoms in total. The molecule has 2 aliphatic rings. The van der Waals surface area contributed by atoms with E-state index in [4.69, 9.17) is 9.47 Å². The predicted octanol–water partition coefficient (Wildman–Crippen LogP) is 0.540. The van der Waals surface area contributed by atoms with Crippen molar-refractivity contribution in [1.29, 1.82) is 0 Å². The van der Waals surface area contributed by atoms with Gasteiger partial charge in [0.15, 0.2) is 9.84 Å². The largest absolute Gasteiger partial charge is 0.383 e. The van der Waals surface area contributed by atoms with Gasteiger partial charge in [-0.2, -0.15) is 0 Å². The summed E-state index contributed by atoms with van der Waals surface area (Å²) < 4.78 is 34.1. The third kappa shape index (κ3) is 6.20. The second-order valence-corrected chi connectivity index (χ2v) is 9.29. The van der Waals surface area contributed by atoms with Crippen LogP contribution in [0.2, 0.25) is 0 Å². The second kappa shape index (κ2) is 9.85. The first-order valence-electron chi connectivity index (χ1n) is 9.18. The standard InChI is InChI=1S/C17H32N2O5S/c1-23-10-8-18(9-11-24-2)13-17(20)19(15-5-3-4-6-15)16-7-12-25(21,22)14-16/h15-16H,3-14H2,1-2H3. The highest BCUT2D eigenvalue weighted by Crippen LogP contribution is 2.29. The van der Waals surface area contributed by atoms with Crippen LogP contribution in [0.3, 0.4) is 0 Å². The molecular weight excluding hydrogens is 344 g/mol. The summed E-state index contributed by atoms with van der Waals surface area (Å²) in [5.74, 6) is 0.359. The Kier molecular flexibility index (Phi) is 8.12. The molecule has 0 bridgehead atoms. The van der Waals surface area contributed by atoms with Gasteiger partial charge in [0.2, 0.25) is 5.91 Å². The minimum atomic E-state index is -3.01. The van der Waals surface area contributed by atoms with Crippen LogP contribution in [0.15, 0.2) is 0 Å². The molecule has 1 aliphatic carbocycles. The molecule has 2 rings (SSSR count). The number of ether oxygens (including phenoxy) is 2. The van der Waals surface area contributed by atoms with Crippen LogP contribution < -0.4 is 0 Å². The van der Waals surface area contributed by atoms with Crippen LogP contribution >= 0.6 is 0 Å². The number of carbonyl (C=O) groups is 1. The summed E-state index contributed by atoms with van der Waals surface area (Å²) in [6.07, 6.45) is 4.77. The van der Waals surface area contributed by atoms with E-state index >= 15 is 0 Å². The van der Waals surface area contributed by atoms with Gasteiger partial charge in [-0.05, 0) is 19.3 Å². The summed E-state index contributed by atoms with van der Waals surface area (Å²) in [5.41, 5.74) is 0. The predicted molar refractivity (Wildman–Crippen MR) is 96.4 cm³/mol. The lowest BCUT2D eigenvalue weighted by atomic mass is 10.1. The van der Waals surface area contributed by atoms with Gasteiger partial charge >= 0.3 is 0 Å². The van der Waals surface area contributed by atoms with Crippen LogP contribution in [0.5, 0.6) is 0 Å². The molecule has 1 saturated carbocycles. The zero-order chi connectivity index (χ0) is 18.3. The number of hydrogen-bond donors (Lipinski definition) is 0. The zero-order valence-corrected chi connectivity index (χ0v) is 16.3. The topological polar surface area (TPSA) is 76.2 Å². The highest BCUT2D eigenvalue weighted by molar-refractivity contribution is 7.91. The number of hydrogen-bond acceptors (Lipinski definition) is 6. The quantitative estimate of drug-likeness (QED) is 0.554. The molecule has 0 spiro atoms. The summed E-state index contributed by atoms with van der Waals surface area (Å²) in [5, 5.41) is 0. The number of rotatable bonds is 10. The van der Waals surface area contributed by atoms with Crippen molar-refractivity contribution in [2.24, 2.45) is 0 Å². The molecule has 1 aliphatic heterocycles. The van der Waals surface area contributed by atoms with Crippen molar-refractivity contribution < 1.29 is 22.7 Å². The van der Waals surface area contributed by atoms with Gasteiger partial charge in [0.25, 0.3) is 0 Å². The van der Waals surface area contributed by atoms with Crippen molar-refractivity contribution >= 4 is 15.7 Å². The maximum atomic E-state index is 13.1. The fourth-order valence-electron chi connectivity index (χ4n) is 3.87. The van der Waals surface area contributed by atoms with Crippen LogP contribution in [0.25, 0.3) is 0 Å². The molecule has 1 heterocycles. The molecule has 0 aromatic heterocycles. The number of sulfone groups is 1. The van der Waals surface area contributed by atoms with Crippen molar-refractivity contribution in [2.75, 3.05) is 58.6 Å². The third-order valence-corrected chi connectivity index (χ3v) is 6.94. The molecule has 146 valence electrons. The van der Waals surface area contributed by atoms with Gasteiger partial charge in [-0.3, -0.25) is 9.69 Å². The lowest BCUT2D eigenvalue weighted by molar-refractivity contribution is -0.137. The highest BCUT2D eigenvalue weighted by Gasteiger charge is 2.39. The van der Waals surface area contributed by atoms with Crippen molar-refractivity contribution in [1.82, 2.24) is 9.80 Å². The van der Waals surface area contributed by atoms with Crippen molar-refractivity contribution in [3.8, 4) is 0 Å². The van der Waals surface area contributed by atoms with E-state index in [-0.39, 0.29) is 29.5 Å². The van der Waals surface area contributed by atoms with Gasteiger partial charge in [-0.25, -0.2) is 8.42 Å². The Balaban J connectivity index is 2.05. The third-order valence-electron chi connectivity index (χ3n) is 5.19. The first-order valence-corrected chi connectivity index (χ1v) is 11.0. The summed E-state index contributed by atoms with van der Waals surface area (Å²) in [4.78, 5) is 17.0. The highest BCUT2D eigenvalue weighted by atomic mass is 32.2. The molecule has 1 saturated heterocycles. The number of carbonyl (C=O) groups excluding carboxylic acids is 1. The first kappa shape index (κ1) is 20.6. The average molecular weight is 377 g/mol. The van der Waals surface area contributed by atoms with Gasteiger partial charge in [0, 0.05) is 39.4 Å². The molecule has 0 N–H and O–H groups in total. The molecular formula is C17H32N2O5S. The monoisotopic (exact) mass is 376 g/mol. The van der Waals surface area contributed by atoms with Gasteiger partial charge in [-0.1, -0.05) is 12.8 Å². The van der Waals surface area contributed by atoms with E-state index in [1.807, 2.05) is 9.80 Å². The number of amides is 1. The Bertz CT molecular complexity index is 511. The van der Waals surface area contributed by atoms with Crippen LogP contribution in [-0.4, -0.2) is 94.8 Å². The Morgan fingerprint density at radius 1 is 1.00 bits per heavy atom. The van der Waals surface area contributed by atoms with Gasteiger partial charge in [0.1, 0.15) is 0 Å². The molecule has 2 fully saturated rings. The van der Waals surface area contributed by atoms with E-state index < -0.39 is 9.84 Å². The minimum Gasteiger partial charge on any atom is -0.383 e. The second-order valence-electron chi connectivity index (χ2n) is 7.06. The smallest absolute Gasteiger partial charge is 0.237 e. The van der Waals surface area contributed by atoms with Gasteiger partial charge < -0.3 is 14.4 Å². The Hall–Kier alpha value is -0.700. The summed E-state index contributed by atoms with van der Waals surface area (Å²) in [7, 11) is 0.279. The van der Waals surface area contributed by atoms with Crippen LogP contribution in [0.1, 0.15) is 32.1 Å². The summed E-state index contributed by atoms with van der Waals surface area (Å²) in [6, 6.07) is 0.0322. The maximum absolute atomic E-state index is 13.1. The zero-order valence-electron chi connectivity index (χ0n) is 15.5. The molecule has 25 heavy (non-hydrogen) atoms. The molecule has 1 atom stereocenters.